The first-order valence-corrected chi connectivity index (χ1v) is 5.50. The van der Waals surface area contributed by atoms with Gasteiger partial charge in [-0.3, -0.25) is 4.90 Å². The van der Waals surface area contributed by atoms with Gasteiger partial charge in [0.1, 0.15) is 5.54 Å². The molecular formula is C11H19NO5. The standard InChI is InChI=1S/C11H19NO5/c1-10(2,3)6-11(8(14)15)4-7(13)5-12(11)9(16)17/h7,13H,4-6H2,1-3H3,(H,14,15)(H,16,17)/t7-,11+/m0/s1. The van der Waals surface area contributed by atoms with Crippen LogP contribution in [0.5, 0.6) is 0 Å². The van der Waals surface area contributed by atoms with Gasteiger partial charge in [-0.15, -0.1) is 0 Å². The molecule has 0 saturated carbocycles. The summed E-state index contributed by atoms with van der Waals surface area (Å²) in [5.74, 6) is -1.19. The van der Waals surface area contributed by atoms with Crippen molar-refractivity contribution in [3.8, 4) is 0 Å². The number of aliphatic hydroxyl groups excluding tert-OH is 1. The lowest BCUT2D eigenvalue weighted by Crippen LogP contribution is -2.54. The van der Waals surface area contributed by atoms with Crippen LogP contribution in [0.2, 0.25) is 0 Å². The van der Waals surface area contributed by atoms with Gasteiger partial charge in [-0.25, -0.2) is 9.59 Å². The third-order valence-corrected chi connectivity index (χ3v) is 2.94. The van der Waals surface area contributed by atoms with Gasteiger partial charge >= 0.3 is 12.1 Å². The number of hydrogen-bond acceptors (Lipinski definition) is 3. The molecule has 0 aromatic heterocycles. The number of aliphatic hydroxyl groups is 1. The topological polar surface area (TPSA) is 98.1 Å². The zero-order valence-corrected chi connectivity index (χ0v) is 10.3. The number of carboxylic acid groups (broad SMARTS) is 2. The normalized spacial score (nSPS) is 29.4. The number of β-amino-alcohol motifs (C(OH)–C–C–N with tert-alkyl or cyclic N) is 1. The van der Waals surface area contributed by atoms with E-state index in [1.54, 1.807) is 0 Å². The summed E-state index contributed by atoms with van der Waals surface area (Å²) in [6.07, 6.45) is -2.08. The van der Waals surface area contributed by atoms with Crippen LogP contribution in [0.1, 0.15) is 33.6 Å². The summed E-state index contributed by atoms with van der Waals surface area (Å²) in [5, 5.41) is 28.0. The molecule has 1 rings (SSSR count). The van der Waals surface area contributed by atoms with Gasteiger partial charge in [0.2, 0.25) is 0 Å². The molecule has 1 heterocycles. The average Bonchev–Trinajstić information content (AvgIpc) is 2.40. The summed E-state index contributed by atoms with van der Waals surface area (Å²) in [6.45, 7) is 5.41. The maximum Gasteiger partial charge on any atom is 0.408 e. The second kappa shape index (κ2) is 4.18. The summed E-state index contributed by atoms with van der Waals surface area (Å²) < 4.78 is 0. The zero-order chi connectivity index (χ0) is 13.4. The van der Waals surface area contributed by atoms with Gasteiger partial charge in [0, 0.05) is 6.42 Å². The Labute approximate surface area is 99.8 Å². The molecule has 1 aliphatic heterocycles. The van der Waals surface area contributed by atoms with Gasteiger partial charge in [-0.1, -0.05) is 20.8 Å². The lowest BCUT2D eigenvalue weighted by Gasteiger charge is -2.37. The van der Waals surface area contributed by atoms with Crippen molar-refractivity contribution >= 4 is 12.1 Å². The summed E-state index contributed by atoms with van der Waals surface area (Å²) in [6, 6.07) is 0. The van der Waals surface area contributed by atoms with Gasteiger partial charge < -0.3 is 15.3 Å². The highest BCUT2D eigenvalue weighted by molar-refractivity contribution is 5.85. The Hall–Kier alpha value is -1.30. The van der Waals surface area contributed by atoms with Crippen LogP contribution in [0.15, 0.2) is 0 Å². The largest absolute Gasteiger partial charge is 0.479 e. The first-order chi connectivity index (χ1) is 7.58. The Morgan fingerprint density at radius 1 is 1.35 bits per heavy atom. The van der Waals surface area contributed by atoms with Gasteiger partial charge in [-0.05, 0) is 11.8 Å². The Morgan fingerprint density at radius 3 is 2.24 bits per heavy atom. The maximum atomic E-state index is 11.4. The highest BCUT2D eigenvalue weighted by atomic mass is 16.4. The van der Waals surface area contributed by atoms with Crippen LogP contribution < -0.4 is 0 Å². The molecule has 1 fully saturated rings. The second-order valence-electron chi connectivity index (χ2n) is 5.83. The maximum absolute atomic E-state index is 11.4. The van der Waals surface area contributed by atoms with Crippen LogP contribution in [0, 0.1) is 5.41 Å². The molecule has 0 aromatic rings. The molecule has 0 bridgehead atoms. The average molecular weight is 245 g/mol. The molecule has 3 N–H and O–H groups in total. The van der Waals surface area contributed by atoms with E-state index in [0.717, 1.165) is 4.90 Å². The van der Waals surface area contributed by atoms with Crippen molar-refractivity contribution in [3.05, 3.63) is 0 Å². The number of aliphatic carboxylic acids is 1. The summed E-state index contributed by atoms with van der Waals surface area (Å²) in [5.41, 5.74) is -1.85. The molecule has 98 valence electrons. The van der Waals surface area contributed by atoms with Crippen molar-refractivity contribution in [2.75, 3.05) is 6.54 Å². The van der Waals surface area contributed by atoms with Gasteiger partial charge in [0.25, 0.3) is 0 Å². The molecule has 1 saturated heterocycles. The van der Waals surface area contributed by atoms with Crippen LogP contribution in [-0.2, 0) is 4.79 Å². The Morgan fingerprint density at radius 2 is 1.88 bits per heavy atom. The minimum absolute atomic E-state index is 0.0497. The van der Waals surface area contributed by atoms with Crippen molar-refractivity contribution in [2.45, 2.75) is 45.3 Å². The van der Waals surface area contributed by atoms with E-state index in [0.29, 0.717) is 0 Å². The lowest BCUT2D eigenvalue weighted by atomic mass is 9.78. The van der Waals surface area contributed by atoms with Crippen LogP contribution in [0.3, 0.4) is 0 Å². The first kappa shape index (κ1) is 13.8. The van der Waals surface area contributed by atoms with E-state index in [9.17, 15) is 19.8 Å². The lowest BCUT2D eigenvalue weighted by molar-refractivity contribution is -0.150. The third kappa shape index (κ3) is 2.69. The molecular weight excluding hydrogens is 226 g/mol. The number of nitrogens with zero attached hydrogens (tertiary/aromatic N) is 1. The van der Waals surface area contributed by atoms with Crippen LogP contribution in [0.4, 0.5) is 4.79 Å². The summed E-state index contributed by atoms with van der Waals surface area (Å²) >= 11 is 0. The smallest absolute Gasteiger partial charge is 0.408 e. The van der Waals surface area contributed by atoms with Gasteiger partial charge in [0.15, 0.2) is 0 Å². The molecule has 0 radical (unpaired) electrons. The van der Waals surface area contributed by atoms with Crippen LogP contribution >= 0.6 is 0 Å². The van der Waals surface area contributed by atoms with E-state index in [-0.39, 0.29) is 24.8 Å². The number of amides is 1. The molecule has 1 aliphatic rings. The van der Waals surface area contributed by atoms with Crippen molar-refractivity contribution < 1.29 is 24.9 Å². The van der Waals surface area contributed by atoms with Crippen molar-refractivity contribution in [1.82, 2.24) is 4.90 Å². The monoisotopic (exact) mass is 245 g/mol. The Bertz CT molecular complexity index is 335. The minimum atomic E-state index is -1.51. The zero-order valence-electron chi connectivity index (χ0n) is 10.3. The quantitative estimate of drug-likeness (QED) is 0.674. The molecule has 1 amide bonds. The summed E-state index contributed by atoms with van der Waals surface area (Å²) in [4.78, 5) is 23.4. The Balaban J connectivity index is 3.13. The van der Waals surface area contributed by atoms with E-state index < -0.39 is 23.7 Å². The third-order valence-electron chi connectivity index (χ3n) is 2.94. The second-order valence-corrected chi connectivity index (χ2v) is 5.83. The number of likely N-dealkylation sites (tertiary alicyclic amines) is 1. The Kier molecular flexibility index (Phi) is 3.38. The molecule has 2 atom stereocenters. The fourth-order valence-corrected chi connectivity index (χ4v) is 2.53. The van der Waals surface area contributed by atoms with Crippen molar-refractivity contribution in [2.24, 2.45) is 5.41 Å². The van der Waals surface area contributed by atoms with E-state index in [4.69, 9.17) is 5.11 Å². The minimum Gasteiger partial charge on any atom is -0.479 e. The highest BCUT2D eigenvalue weighted by Crippen LogP contribution is 2.39. The number of rotatable bonds is 2. The molecule has 0 spiro atoms. The van der Waals surface area contributed by atoms with E-state index in [1.807, 2.05) is 20.8 Å². The molecule has 6 heteroatoms. The SMILES string of the molecule is CC(C)(C)C[C@@]1(C(=O)O)C[C@H](O)CN1C(=O)O. The fourth-order valence-electron chi connectivity index (χ4n) is 2.53. The van der Waals surface area contributed by atoms with Crippen LogP contribution in [0.25, 0.3) is 0 Å². The van der Waals surface area contributed by atoms with Crippen LogP contribution in [-0.4, -0.2) is 50.5 Å². The molecule has 6 nitrogen and oxygen atoms in total. The number of hydrogen-bond donors (Lipinski definition) is 3. The van der Waals surface area contributed by atoms with E-state index in [2.05, 4.69) is 0 Å². The van der Waals surface area contributed by atoms with Gasteiger partial charge in [-0.2, -0.15) is 0 Å². The first-order valence-electron chi connectivity index (χ1n) is 5.50. The van der Waals surface area contributed by atoms with Crippen molar-refractivity contribution in [1.29, 1.82) is 0 Å². The predicted molar refractivity (Wildman–Crippen MR) is 59.8 cm³/mol. The van der Waals surface area contributed by atoms with Gasteiger partial charge in [0.05, 0.1) is 12.6 Å². The molecule has 0 unspecified atom stereocenters. The predicted octanol–water partition coefficient (Wildman–Crippen LogP) is 0.991. The highest BCUT2D eigenvalue weighted by Gasteiger charge is 2.55. The van der Waals surface area contributed by atoms with Crippen molar-refractivity contribution in [3.63, 3.8) is 0 Å². The van der Waals surface area contributed by atoms with E-state index >= 15 is 0 Å². The number of carbonyl (C=O) groups is 2. The number of carboxylic acids is 1. The summed E-state index contributed by atoms with van der Waals surface area (Å²) in [7, 11) is 0. The molecule has 0 aromatic carbocycles. The fraction of sp³-hybridized carbons (Fsp3) is 0.818. The van der Waals surface area contributed by atoms with E-state index in [1.165, 1.54) is 0 Å². The molecule has 0 aliphatic carbocycles. The molecule has 17 heavy (non-hydrogen) atoms.